The molecular formula is C25H34N4O3S. The summed E-state index contributed by atoms with van der Waals surface area (Å²) in [7, 11) is -1.66. The van der Waals surface area contributed by atoms with Crippen molar-refractivity contribution in [2.24, 2.45) is 7.05 Å². The number of imidazole rings is 1. The van der Waals surface area contributed by atoms with E-state index in [1.165, 1.54) is 9.87 Å². The van der Waals surface area contributed by atoms with Crippen molar-refractivity contribution in [3.05, 3.63) is 59.4 Å². The van der Waals surface area contributed by atoms with E-state index >= 15 is 0 Å². The Bertz CT molecular complexity index is 1210. The van der Waals surface area contributed by atoms with Crippen LogP contribution in [-0.2, 0) is 28.3 Å². The number of fused-ring (bicyclic) bond motifs is 1. The minimum atomic E-state index is -3.55. The number of nitrogens with zero attached hydrogens (tertiary/aromatic N) is 3. The highest BCUT2D eigenvalue weighted by Crippen LogP contribution is 2.23. The second kappa shape index (κ2) is 10.5. The van der Waals surface area contributed by atoms with Gasteiger partial charge in [0.15, 0.2) is 0 Å². The molecule has 1 amide bonds. The first-order valence-corrected chi connectivity index (χ1v) is 13.0. The Kier molecular flexibility index (Phi) is 7.92. The van der Waals surface area contributed by atoms with Crippen LogP contribution in [0, 0.1) is 6.92 Å². The zero-order valence-corrected chi connectivity index (χ0v) is 20.9. The highest BCUT2D eigenvalue weighted by molar-refractivity contribution is 7.89. The van der Waals surface area contributed by atoms with Crippen LogP contribution in [0.1, 0.15) is 56.6 Å². The first-order chi connectivity index (χ1) is 15.7. The molecule has 178 valence electrons. The molecule has 1 aromatic heterocycles. The van der Waals surface area contributed by atoms with Gasteiger partial charge < -0.3 is 9.88 Å². The summed E-state index contributed by atoms with van der Waals surface area (Å²) in [4.78, 5) is 17.5. The first kappa shape index (κ1) is 24.9. The lowest BCUT2D eigenvalue weighted by Gasteiger charge is -2.18. The largest absolute Gasteiger partial charge is 0.349 e. The predicted molar refractivity (Wildman–Crippen MR) is 131 cm³/mol. The van der Waals surface area contributed by atoms with Crippen molar-refractivity contribution < 1.29 is 13.2 Å². The molecule has 0 fully saturated rings. The van der Waals surface area contributed by atoms with Crippen LogP contribution < -0.4 is 5.32 Å². The minimum absolute atomic E-state index is 0.0219. The van der Waals surface area contributed by atoms with Gasteiger partial charge in [-0.2, -0.15) is 4.31 Å². The summed E-state index contributed by atoms with van der Waals surface area (Å²) in [5.41, 5.74) is 3.75. The molecule has 0 spiro atoms. The zero-order chi connectivity index (χ0) is 24.2. The summed E-state index contributed by atoms with van der Waals surface area (Å²) in [5, 5.41) is 3.12. The van der Waals surface area contributed by atoms with Crippen molar-refractivity contribution in [2.75, 3.05) is 13.1 Å². The Hall–Kier alpha value is -2.71. The van der Waals surface area contributed by atoms with Crippen LogP contribution in [0.2, 0.25) is 0 Å². The molecule has 0 aliphatic carbocycles. The van der Waals surface area contributed by atoms with Crippen LogP contribution in [0.3, 0.4) is 0 Å². The SMILES string of the molecule is CCC(NC(=O)CCc1nc2cc(S(=O)(=O)N(CC)CC)ccc2n1C)c1ccc(C)cc1. The van der Waals surface area contributed by atoms with Crippen molar-refractivity contribution in [1.82, 2.24) is 19.2 Å². The van der Waals surface area contributed by atoms with Gasteiger partial charge in [0, 0.05) is 33.0 Å². The molecule has 0 aliphatic rings. The minimum Gasteiger partial charge on any atom is -0.349 e. The van der Waals surface area contributed by atoms with E-state index < -0.39 is 10.0 Å². The highest BCUT2D eigenvalue weighted by atomic mass is 32.2. The van der Waals surface area contributed by atoms with E-state index in [-0.39, 0.29) is 16.8 Å². The number of amides is 1. The number of carbonyl (C=O) groups is 1. The van der Waals surface area contributed by atoms with Gasteiger partial charge in [-0.05, 0) is 37.1 Å². The van der Waals surface area contributed by atoms with Crippen molar-refractivity contribution in [1.29, 1.82) is 0 Å². The second-order valence-corrected chi connectivity index (χ2v) is 10.2. The summed E-state index contributed by atoms with van der Waals surface area (Å²) in [5.74, 6) is 0.722. The maximum Gasteiger partial charge on any atom is 0.243 e. The Balaban J connectivity index is 1.73. The Labute approximate surface area is 196 Å². The fourth-order valence-electron chi connectivity index (χ4n) is 4.04. The third-order valence-corrected chi connectivity index (χ3v) is 8.13. The van der Waals surface area contributed by atoms with Gasteiger partial charge in [0.05, 0.1) is 22.0 Å². The smallest absolute Gasteiger partial charge is 0.243 e. The van der Waals surface area contributed by atoms with Crippen molar-refractivity contribution in [3.63, 3.8) is 0 Å². The number of aromatic nitrogens is 2. The number of benzene rings is 2. The maximum absolute atomic E-state index is 12.9. The quantitative estimate of drug-likeness (QED) is 0.483. The number of rotatable bonds is 10. The Morgan fingerprint density at radius 1 is 1.09 bits per heavy atom. The van der Waals surface area contributed by atoms with Crippen molar-refractivity contribution >= 4 is 27.0 Å². The van der Waals surface area contributed by atoms with E-state index in [2.05, 4.69) is 41.5 Å². The number of carbonyl (C=O) groups excluding carboxylic acids is 1. The third kappa shape index (κ3) is 5.45. The molecule has 0 saturated carbocycles. The lowest BCUT2D eigenvalue weighted by atomic mass is 10.0. The molecule has 2 aromatic carbocycles. The molecule has 1 N–H and O–H groups in total. The number of sulfonamides is 1. The average Bonchev–Trinajstić information content (AvgIpc) is 3.12. The molecule has 0 bridgehead atoms. The Morgan fingerprint density at radius 2 is 1.76 bits per heavy atom. The number of hydrogen-bond acceptors (Lipinski definition) is 4. The summed E-state index contributed by atoms with van der Waals surface area (Å²) in [6.07, 6.45) is 1.59. The van der Waals surface area contributed by atoms with Gasteiger partial charge in [0.1, 0.15) is 5.82 Å². The average molecular weight is 471 g/mol. The zero-order valence-electron chi connectivity index (χ0n) is 20.1. The first-order valence-electron chi connectivity index (χ1n) is 11.5. The van der Waals surface area contributed by atoms with E-state index in [0.29, 0.717) is 31.4 Å². The molecule has 0 saturated heterocycles. The van der Waals surface area contributed by atoms with Gasteiger partial charge in [-0.15, -0.1) is 0 Å². The fraction of sp³-hybridized carbons (Fsp3) is 0.440. The van der Waals surface area contributed by atoms with E-state index in [1.54, 1.807) is 18.2 Å². The van der Waals surface area contributed by atoms with Gasteiger partial charge in [-0.3, -0.25) is 4.79 Å². The molecular weight excluding hydrogens is 436 g/mol. The number of nitrogens with one attached hydrogen (secondary N) is 1. The van der Waals surface area contributed by atoms with Crippen LogP contribution in [-0.4, -0.2) is 41.3 Å². The molecule has 0 aliphatic heterocycles. The van der Waals surface area contributed by atoms with Crippen LogP contribution in [0.5, 0.6) is 0 Å². The van der Waals surface area contributed by atoms with Gasteiger partial charge in [-0.1, -0.05) is 50.6 Å². The number of aryl methyl sites for hydroxylation is 3. The summed E-state index contributed by atoms with van der Waals surface area (Å²) in [6.45, 7) is 8.58. The van der Waals surface area contributed by atoms with Crippen LogP contribution in [0.15, 0.2) is 47.4 Å². The maximum atomic E-state index is 12.9. The van der Waals surface area contributed by atoms with Crippen molar-refractivity contribution in [3.8, 4) is 0 Å². The third-order valence-electron chi connectivity index (χ3n) is 6.09. The van der Waals surface area contributed by atoms with Gasteiger partial charge in [-0.25, -0.2) is 13.4 Å². The van der Waals surface area contributed by atoms with E-state index in [1.807, 2.05) is 32.4 Å². The fourth-order valence-corrected chi connectivity index (χ4v) is 5.52. The van der Waals surface area contributed by atoms with E-state index in [0.717, 1.165) is 23.3 Å². The molecule has 7 nitrogen and oxygen atoms in total. The normalized spacial score (nSPS) is 12.9. The summed E-state index contributed by atoms with van der Waals surface area (Å²) >= 11 is 0. The molecule has 1 heterocycles. The summed E-state index contributed by atoms with van der Waals surface area (Å²) < 4.78 is 29.1. The molecule has 3 rings (SSSR count). The standard InChI is InChI=1S/C25H34N4O3S/c1-6-21(19-11-9-18(4)10-12-19)27-25(30)16-15-24-26-22-17-20(13-14-23(22)28(24)5)33(31,32)29(7-2)8-3/h9-14,17,21H,6-8,15-16H2,1-5H3,(H,27,30). The lowest BCUT2D eigenvalue weighted by Crippen LogP contribution is -2.30. The molecule has 1 atom stereocenters. The molecule has 0 radical (unpaired) electrons. The number of hydrogen-bond donors (Lipinski definition) is 1. The molecule has 1 unspecified atom stereocenters. The summed E-state index contributed by atoms with van der Waals surface area (Å²) in [6, 6.07) is 13.2. The monoisotopic (exact) mass is 470 g/mol. The van der Waals surface area contributed by atoms with Crippen LogP contribution in [0.25, 0.3) is 11.0 Å². The Morgan fingerprint density at radius 3 is 2.36 bits per heavy atom. The lowest BCUT2D eigenvalue weighted by molar-refractivity contribution is -0.121. The molecule has 3 aromatic rings. The van der Waals surface area contributed by atoms with Crippen LogP contribution >= 0.6 is 0 Å². The van der Waals surface area contributed by atoms with Gasteiger partial charge in [0.2, 0.25) is 15.9 Å². The molecule has 33 heavy (non-hydrogen) atoms. The molecule has 8 heteroatoms. The van der Waals surface area contributed by atoms with E-state index in [9.17, 15) is 13.2 Å². The van der Waals surface area contributed by atoms with Gasteiger partial charge in [0.25, 0.3) is 0 Å². The van der Waals surface area contributed by atoms with Crippen molar-refractivity contribution in [2.45, 2.75) is 57.9 Å². The van der Waals surface area contributed by atoms with Gasteiger partial charge >= 0.3 is 0 Å². The highest BCUT2D eigenvalue weighted by Gasteiger charge is 2.23. The second-order valence-electron chi connectivity index (χ2n) is 8.27. The predicted octanol–water partition coefficient (Wildman–Crippen LogP) is 4.11. The topological polar surface area (TPSA) is 84.3 Å². The van der Waals surface area contributed by atoms with Crippen LogP contribution in [0.4, 0.5) is 0 Å². The van der Waals surface area contributed by atoms with E-state index in [4.69, 9.17) is 0 Å².